The highest BCUT2D eigenvalue weighted by molar-refractivity contribution is 5.91. The van der Waals surface area contributed by atoms with Crippen LogP contribution in [0.1, 0.15) is 18.3 Å². The van der Waals surface area contributed by atoms with E-state index < -0.39 is 0 Å². The van der Waals surface area contributed by atoms with Gasteiger partial charge in [-0.3, -0.25) is 9.59 Å². The molecule has 0 aliphatic heterocycles. The third kappa shape index (κ3) is 3.85. The molecule has 132 valence electrons. The van der Waals surface area contributed by atoms with Gasteiger partial charge in [0, 0.05) is 18.2 Å². The van der Waals surface area contributed by atoms with E-state index in [9.17, 15) is 14.0 Å². The maximum absolute atomic E-state index is 13.6. The summed E-state index contributed by atoms with van der Waals surface area (Å²) in [6, 6.07) is 13.3. The van der Waals surface area contributed by atoms with Crippen molar-refractivity contribution in [2.45, 2.75) is 13.5 Å². The summed E-state index contributed by atoms with van der Waals surface area (Å²) in [6.45, 7) is 2.42. The van der Waals surface area contributed by atoms with Gasteiger partial charge in [-0.2, -0.15) is 0 Å². The Morgan fingerprint density at radius 3 is 2.69 bits per heavy atom. The molecule has 0 unspecified atom stereocenters. The number of H-pyrrole nitrogens is 1. The minimum absolute atomic E-state index is 0.164. The average molecular weight is 351 g/mol. The zero-order chi connectivity index (χ0) is 18.5. The molecule has 1 heterocycles. The highest BCUT2D eigenvalue weighted by Gasteiger charge is 2.12. The van der Waals surface area contributed by atoms with E-state index in [-0.39, 0.29) is 23.8 Å². The number of aromatic nitrogens is 2. The Balaban J connectivity index is 1.80. The van der Waals surface area contributed by atoms with Gasteiger partial charge in [0.05, 0.1) is 17.4 Å². The quantitative estimate of drug-likeness (QED) is 0.718. The molecular formula is C20H18FN3O2. The van der Waals surface area contributed by atoms with Crippen molar-refractivity contribution < 1.29 is 9.18 Å². The highest BCUT2D eigenvalue weighted by Crippen LogP contribution is 2.10. The van der Waals surface area contributed by atoms with E-state index in [1.54, 1.807) is 42.5 Å². The Hall–Kier alpha value is -3.28. The molecule has 0 saturated heterocycles. The van der Waals surface area contributed by atoms with Crippen LogP contribution >= 0.6 is 0 Å². The second-order valence-corrected chi connectivity index (χ2v) is 5.74. The first-order chi connectivity index (χ1) is 12.6. The largest absolute Gasteiger partial charge is 0.332 e. The molecule has 5 nitrogen and oxygen atoms in total. The van der Waals surface area contributed by atoms with Crippen LogP contribution in [0, 0.1) is 5.82 Å². The van der Waals surface area contributed by atoms with Gasteiger partial charge in [-0.05, 0) is 31.2 Å². The molecule has 3 rings (SSSR count). The minimum Gasteiger partial charge on any atom is -0.332 e. The van der Waals surface area contributed by atoms with Crippen molar-refractivity contribution >= 4 is 22.9 Å². The van der Waals surface area contributed by atoms with Crippen molar-refractivity contribution in [2.75, 3.05) is 6.54 Å². The fraction of sp³-hybridized carbons (Fsp3) is 0.150. The van der Waals surface area contributed by atoms with Crippen molar-refractivity contribution in [3.05, 3.63) is 82.2 Å². The SMILES string of the molecule is CCN(Cc1nc2ccccc2c(=O)[nH]1)C(=O)C=Cc1ccccc1F. The van der Waals surface area contributed by atoms with E-state index in [4.69, 9.17) is 0 Å². The molecule has 0 aliphatic carbocycles. The van der Waals surface area contributed by atoms with E-state index >= 15 is 0 Å². The molecule has 0 spiro atoms. The van der Waals surface area contributed by atoms with Crippen LogP contribution in [0.4, 0.5) is 4.39 Å². The first kappa shape index (κ1) is 17.5. The maximum atomic E-state index is 13.6. The summed E-state index contributed by atoms with van der Waals surface area (Å²) in [5.74, 6) is -0.269. The van der Waals surface area contributed by atoms with Crippen molar-refractivity contribution in [3.63, 3.8) is 0 Å². The lowest BCUT2D eigenvalue weighted by atomic mass is 10.2. The fourth-order valence-electron chi connectivity index (χ4n) is 2.61. The van der Waals surface area contributed by atoms with Crippen LogP contribution in [0.3, 0.4) is 0 Å². The van der Waals surface area contributed by atoms with Crippen LogP contribution in [-0.2, 0) is 11.3 Å². The van der Waals surface area contributed by atoms with Crippen LogP contribution < -0.4 is 5.56 Å². The monoisotopic (exact) mass is 351 g/mol. The van der Waals surface area contributed by atoms with Crippen molar-refractivity contribution in [1.82, 2.24) is 14.9 Å². The molecule has 0 fully saturated rings. The number of aromatic amines is 1. The third-order valence-electron chi connectivity index (χ3n) is 4.01. The number of fused-ring (bicyclic) bond motifs is 1. The summed E-state index contributed by atoms with van der Waals surface area (Å²) >= 11 is 0. The Labute approximate surface area is 149 Å². The summed E-state index contributed by atoms with van der Waals surface area (Å²) in [5, 5.41) is 0.505. The van der Waals surface area contributed by atoms with E-state index in [1.165, 1.54) is 23.1 Å². The second-order valence-electron chi connectivity index (χ2n) is 5.74. The van der Waals surface area contributed by atoms with E-state index in [0.717, 1.165) is 0 Å². The molecule has 0 atom stereocenters. The first-order valence-electron chi connectivity index (χ1n) is 8.28. The maximum Gasteiger partial charge on any atom is 0.258 e. The van der Waals surface area contributed by atoms with Crippen LogP contribution in [0.25, 0.3) is 17.0 Å². The first-order valence-corrected chi connectivity index (χ1v) is 8.28. The summed E-state index contributed by atoms with van der Waals surface area (Å²) in [6.07, 6.45) is 2.76. The zero-order valence-corrected chi connectivity index (χ0v) is 14.3. The van der Waals surface area contributed by atoms with Gasteiger partial charge in [0.25, 0.3) is 5.56 Å². The molecule has 1 N–H and O–H groups in total. The number of nitrogens with one attached hydrogen (secondary N) is 1. The number of hydrogen-bond donors (Lipinski definition) is 1. The summed E-state index contributed by atoms with van der Waals surface area (Å²) in [5.41, 5.74) is 0.682. The van der Waals surface area contributed by atoms with Gasteiger partial charge in [-0.1, -0.05) is 30.3 Å². The Kier molecular flexibility index (Phi) is 5.22. The van der Waals surface area contributed by atoms with Crippen molar-refractivity contribution in [2.24, 2.45) is 0 Å². The Morgan fingerprint density at radius 1 is 1.19 bits per heavy atom. The van der Waals surface area contributed by atoms with Crippen LogP contribution in [0.2, 0.25) is 0 Å². The van der Waals surface area contributed by atoms with Crippen LogP contribution in [-0.4, -0.2) is 27.3 Å². The van der Waals surface area contributed by atoms with Crippen LogP contribution in [0.5, 0.6) is 0 Å². The second kappa shape index (κ2) is 7.74. The molecule has 0 bridgehead atoms. The lowest BCUT2D eigenvalue weighted by Crippen LogP contribution is -2.30. The topological polar surface area (TPSA) is 66.1 Å². The molecule has 0 radical (unpaired) electrons. The number of hydrogen-bond acceptors (Lipinski definition) is 3. The lowest BCUT2D eigenvalue weighted by molar-refractivity contribution is -0.126. The van der Waals surface area contributed by atoms with E-state index in [1.807, 2.05) is 6.92 Å². The predicted octanol–water partition coefficient (Wildman–Crippen LogP) is 3.12. The molecule has 1 amide bonds. The van der Waals surface area contributed by atoms with Gasteiger partial charge in [0.2, 0.25) is 5.91 Å². The van der Waals surface area contributed by atoms with Gasteiger partial charge in [0.1, 0.15) is 11.6 Å². The van der Waals surface area contributed by atoms with E-state index in [0.29, 0.717) is 28.8 Å². The number of likely N-dealkylation sites (N-methyl/N-ethyl adjacent to an activating group) is 1. The predicted molar refractivity (Wildman–Crippen MR) is 98.9 cm³/mol. The smallest absolute Gasteiger partial charge is 0.258 e. The highest BCUT2D eigenvalue weighted by atomic mass is 19.1. The number of amides is 1. The number of carbonyl (C=O) groups is 1. The van der Waals surface area contributed by atoms with Gasteiger partial charge in [-0.25, -0.2) is 9.37 Å². The van der Waals surface area contributed by atoms with Gasteiger partial charge in [0.15, 0.2) is 0 Å². The lowest BCUT2D eigenvalue weighted by Gasteiger charge is -2.18. The molecule has 1 aromatic heterocycles. The number of rotatable bonds is 5. The molecule has 6 heteroatoms. The molecule has 26 heavy (non-hydrogen) atoms. The van der Waals surface area contributed by atoms with Crippen molar-refractivity contribution in [1.29, 1.82) is 0 Å². The fourth-order valence-corrected chi connectivity index (χ4v) is 2.61. The number of benzene rings is 2. The number of para-hydroxylation sites is 1. The molecule has 0 saturated carbocycles. The standard InChI is InChI=1S/C20H18FN3O2/c1-2-24(19(25)12-11-14-7-3-5-9-16(14)21)13-18-22-17-10-6-4-8-15(17)20(26)23-18/h3-12H,2,13H2,1H3,(H,22,23,26). The summed E-state index contributed by atoms with van der Waals surface area (Å²) in [7, 11) is 0. The normalized spacial score (nSPS) is 11.2. The molecule has 0 aliphatic rings. The summed E-state index contributed by atoms with van der Waals surface area (Å²) in [4.78, 5) is 33.2. The van der Waals surface area contributed by atoms with Crippen LogP contribution in [0.15, 0.2) is 59.4 Å². The van der Waals surface area contributed by atoms with Crippen molar-refractivity contribution in [3.8, 4) is 0 Å². The summed E-state index contributed by atoms with van der Waals surface area (Å²) < 4.78 is 13.6. The van der Waals surface area contributed by atoms with Gasteiger partial charge in [-0.15, -0.1) is 0 Å². The van der Waals surface area contributed by atoms with Gasteiger partial charge >= 0.3 is 0 Å². The number of halogens is 1. The Bertz CT molecular complexity index is 1030. The molecular weight excluding hydrogens is 333 g/mol. The van der Waals surface area contributed by atoms with E-state index in [2.05, 4.69) is 9.97 Å². The van der Waals surface area contributed by atoms with Gasteiger partial charge < -0.3 is 9.88 Å². The minimum atomic E-state index is -0.389. The third-order valence-corrected chi connectivity index (χ3v) is 4.01. The Morgan fingerprint density at radius 2 is 1.92 bits per heavy atom. The number of carbonyl (C=O) groups excluding carboxylic acids is 1. The molecule has 2 aromatic carbocycles. The number of nitrogens with zero attached hydrogens (tertiary/aromatic N) is 2. The zero-order valence-electron chi connectivity index (χ0n) is 14.3. The average Bonchev–Trinajstić information content (AvgIpc) is 2.65. The molecule has 3 aromatic rings.